The van der Waals surface area contributed by atoms with Gasteiger partial charge in [-0.3, -0.25) is 4.79 Å². The van der Waals surface area contributed by atoms with Crippen molar-refractivity contribution in [2.75, 3.05) is 0 Å². The fraction of sp³-hybridized carbons (Fsp3) is 0.0400. The van der Waals surface area contributed by atoms with E-state index in [-0.39, 0.29) is 28.6 Å². The van der Waals surface area contributed by atoms with Gasteiger partial charge in [0.2, 0.25) is 5.78 Å². The Morgan fingerprint density at radius 2 is 1.62 bits per heavy atom. The summed E-state index contributed by atoms with van der Waals surface area (Å²) in [6.07, 6.45) is 2.86. The molecule has 0 spiro atoms. The zero-order chi connectivity index (χ0) is 22.5. The maximum Gasteiger partial charge on any atom is 0.387 e. The van der Waals surface area contributed by atoms with Crippen molar-refractivity contribution in [3.8, 4) is 11.5 Å². The first-order valence-corrected chi connectivity index (χ1v) is 9.57. The standard InChI is InChI=1S/C25H16F2O5/c26-25(27)30-19-12-9-17(10-13-19)24(29)32-21-7-3-1-5-16(21)11-14-20(28)23-15-18-6-2-4-8-22(18)31-23/h1-15,25H. The Morgan fingerprint density at radius 1 is 0.906 bits per heavy atom. The highest BCUT2D eigenvalue weighted by Crippen LogP contribution is 2.23. The Bertz CT molecular complexity index is 1260. The number of carbonyl (C=O) groups excluding carboxylic acids is 2. The molecule has 0 saturated carbocycles. The summed E-state index contributed by atoms with van der Waals surface area (Å²) in [5.41, 5.74) is 1.27. The number of hydrogen-bond donors (Lipinski definition) is 0. The average molecular weight is 434 g/mol. The molecule has 5 nitrogen and oxygen atoms in total. The molecule has 4 aromatic rings. The van der Waals surface area contributed by atoms with Crippen LogP contribution in [0.4, 0.5) is 8.78 Å². The topological polar surface area (TPSA) is 65.7 Å². The quantitative estimate of drug-likeness (QED) is 0.151. The fourth-order valence-electron chi connectivity index (χ4n) is 2.99. The van der Waals surface area contributed by atoms with Crippen LogP contribution in [0.1, 0.15) is 26.5 Å². The number of esters is 1. The van der Waals surface area contributed by atoms with E-state index in [0.717, 1.165) is 5.39 Å². The van der Waals surface area contributed by atoms with Gasteiger partial charge in [-0.1, -0.05) is 36.4 Å². The molecule has 0 radical (unpaired) electrons. The van der Waals surface area contributed by atoms with Crippen molar-refractivity contribution in [2.45, 2.75) is 6.61 Å². The second-order valence-corrected chi connectivity index (χ2v) is 6.68. The van der Waals surface area contributed by atoms with Crippen LogP contribution in [0.5, 0.6) is 11.5 Å². The third-order valence-electron chi connectivity index (χ3n) is 4.52. The highest BCUT2D eigenvalue weighted by Gasteiger charge is 2.13. The lowest BCUT2D eigenvalue weighted by molar-refractivity contribution is -0.0498. The summed E-state index contributed by atoms with van der Waals surface area (Å²) >= 11 is 0. The molecule has 0 N–H and O–H groups in total. The minimum atomic E-state index is -2.95. The summed E-state index contributed by atoms with van der Waals surface area (Å²) in [6.45, 7) is -2.95. The van der Waals surface area contributed by atoms with Gasteiger partial charge in [0.25, 0.3) is 0 Å². The molecular formula is C25H16F2O5. The fourth-order valence-corrected chi connectivity index (χ4v) is 2.99. The SMILES string of the molecule is O=C(Oc1ccccc1C=CC(=O)c1cc2ccccc2o1)c1ccc(OC(F)F)cc1. The summed E-state index contributed by atoms with van der Waals surface area (Å²) in [6, 6.07) is 20.8. The van der Waals surface area contributed by atoms with Crippen molar-refractivity contribution >= 4 is 28.8 Å². The molecule has 0 bridgehead atoms. The molecule has 0 aliphatic rings. The molecule has 7 heteroatoms. The molecule has 1 heterocycles. The molecule has 0 aliphatic heterocycles. The van der Waals surface area contributed by atoms with Crippen molar-refractivity contribution in [3.63, 3.8) is 0 Å². The number of para-hydroxylation sites is 2. The van der Waals surface area contributed by atoms with Gasteiger partial charge in [0.15, 0.2) is 5.76 Å². The number of rotatable bonds is 7. The third-order valence-corrected chi connectivity index (χ3v) is 4.52. The van der Waals surface area contributed by atoms with E-state index in [0.29, 0.717) is 11.1 Å². The third kappa shape index (κ3) is 4.89. The summed E-state index contributed by atoms with van der Waals surface area (Å²) in [7, 11) is 0. The first kappa shape index (κ1) is 21.0. The molecule has 0 fully saturated rings. The van der Waals surface area contributed by atoms with Crippen LogP contribution in [-0.4, -0.2) is 18.4 Å². The number of fused-ring (bicyclic) bond motifs is 1. The van der Waals surface area contributed by atoms with Gasteiger partial charge in [0.05, 0.1) is 5.56 Å². The zero-order valence-electron chi connectivity index (χ0n) is 16.5. The van der Waals surface area contributed by atoms with Crippen LogP contribution in [0.2, 0.25) is 0 Å². The predicted octanol–water partition coefficient (Wildman–Crippen LogP) is 6.15. The highest BCUT2D eigenvalue weighted by atomic mass is 19.3. The highest BCUT2D eigenvalue weighted by molar-refractivity contribution is 6.07. The van der Waals surface area contributed by atoms with Crippen LogP contribution in [-0.2, 0) is 0 Å². The van der Waals surface area contributed by atoms with Crippen LogP contribution < -0.4 is 9.47 Å². The van der Waals surface area contributed by atoms with Crippen LogP contribution in [0.25, 0.3) is 17.0 Å². The number of halogens is 2. The molecule has 160 valence electrons. The second kappa shape index (κ2) is 9.26. The molecule has 0 saturated heterocycles. The first-order chi connectivity index (χ1) is 15.5. The Balaban J connectivity index is 1.48. The number of hydrogen-bond acceptors (Lipinski definition) is 5. The van der Waals surface area contributed by atoms with Gasteiger partial charge < -0.3 is 13.9 Å². The maximum absolute atomic E-state index is 12.5. The molecule has 1 aromatic heterocycles. The van der Waals surface area contributed by atoms with Crippen LogP contribution in [0.15, 0.2) is 89.4 Å². The van der Waals surface area contributed by atoms with Crippen molar-refractivity contribution in [2.24, 2.45) is 0 Å². The van der Waals surface area contributed by atoms with E-state index < -0.39 is 12.6 Å². The van der Waals surface area contributed by atoms with Gasteiger partial charge in [-0.2, -0.15) is 8.78 Å². The summed E-state index contributed by atoms with van der Waals surface area (Å²) < 4.78 is 39.8. The molecule has 0 unspecified atom stereocenters. The minimum Gasteiger partial charge on any atom is -0.453 e. The number of benzene rings is 3. The Labute approximate surface area is 181 Å². The number of carbonyl (C=O) groups is 2. The van der Waals surface area contributed by atoms with Gasteiger partial charge in [0.1, 0.15) is 17.1 Å². The molecule has 0 amide bonds. The van der Waals surface area contributed by atoms with Gasteiger partial charge in [-0.05, 0) is 54.6 Å². The van der Waals surface area contributed by atoms with E-state index in [4.69, 9.17) is 9.15 Å². The van der Waals surface area contributed by atoms with E-state index in [1.54, 1.807) is 36.4 Å². The summed E-state index contributed by atoms with van der Waals surface area (Å²) in [5, 5.41) is 0.823. The van der Waals surface area contributed by atoms with Crippen molar-refractivity contribution in [1.29, 1.82) is 0 Å². The predicted molar refractivity (Wildman–Crippen MR) is 114 cm³/mol. The number of ether oxygens (including phenoxy) is 2. The Hall–Kier alpha value is -4.26. The minimum absolute atomic E-state index is 0.0658. The summed E-state index contributed by atoms with van der Waals surface area (Å²) in [4.78, 5) is 24.9. The van der Waals surface area contributed by atoms with E-state index in [2.05, 4.69) is 4.74 Å². The summed E-state index contributed by atoms with van der Waals surface area (Å²) in [5.74, 6) is -0.652. The molecule has 32 heavy (non-hydrogen) atoms. The van der Waals surface area contributed by atoms with Gasteiger partial charge in [-0.25, -0.2) is 4.79 Å². The van der Waals surface area contributed by atoms with E-state index in [1.165, 1.54) is 36.4 Å². The number of furan rings is 1. The molecular weight excluding hydrogens is 418 g/mol. The van der Waals surface area contributed by atoms with Crippen LogP contribution in [0.3, 0.4) is 0 Å². The molecule has 4 rings (SSSR count). The second-order valence-electron chi connectivity index (χ2n) is 6.68. The first-order valence-electron chi connectivity index (χ1n) is 9.57. The monoisotopic (exact) mass is 434 g/mol. The van der Waals surface area contributed by atoms with Crippen molar-refractivity contribution < 1.29 is 32.3 Å². The molecule has 0 aliphatic carbocycles. The molecule has 3 aromatic carbocycles. The van der Waals surface area contributed by atoms with Gasteiger partial charge in [0, 0.05) is 10.9 Å². The van der Waals surface area contributed by atoms with E-state index in [9.17, 15) is 18.4 Å². The van der Waals surface area contributed by atoms with Gasteiger partial charge in [-0.15, -0.1) is 0 Å². The lowest BCUT2D eigenvalue weighted by Crippen LogP contribution is -2.09. The average Bonchev–Trinajstić information content (AvgIpc) is 3.23. The Morgan fingerprint density at radius 3 is 2.38 bits per heavy atom. The zero-order valence-corrected chi connectivity index (χ0v) is 16.5. The Kier molecular flexibility index (Phi) is 6.07. The van der Waals surface area contributed by atoms with E-state index in [1.807, 2.05) is 18.2 Å². The smallest absolute Gasteiger partial charge is 0.387 e. The normalized spacial score (nSPS) is 11.2. The lowest BCUT2D eigenvalue weighted by Gasteiger charge is -2.08. The maximum atomic E-state index is 12.5. The number of allylic oxidation sites excluding steroid dienone is 1. The lowest BCUT2D eigenvalue weighted by atomic mass is 10.1. The number of ketones is 1. The molecule has 0 atom stereocenters. The van der Waals surface area contributed by atoms with E-state index >= 15 is 0 Å². The van der Waals surface area contributed by atoms with Crippen molar-refractivity contribution in [1.82, 2.24) is 0 Å². The van der Waals surface area contributed by atoms with Crippen LogP contribution in [0, 0.1) is 0 Å². The van der Waals surface area contributed by atoms with Crippen LogP contribution >= 0.6 is 0 Å². The van der Waals surface area contributed by atoms with Gasteiger partial charge >= 0.3 is 12.6 Å². The van der Waals surface area contributed by atoms with Crippen molar-refractivity contribution in [3.05, 3.63) is 102 Å². The number of alkyl halides is 2. The largest absolute Gasteiger partial charge is 0.453 e.